The van der Waals surface area contributed by atoms with E-state index in [9.17, 15) is 22.0 Å². The Labute approximate surface area is 221 Å². The number of rotatable bonds is 4. The van der Waals surface area contributed by atoms with Crippen LogP contribution in [0.25, 0.3) is 11.5 Å². The zero-order valence-corrected chi connectivity index (χ0v) is 20.8. The van der Waals surface area contributed by atoms with E-state index >= 15 is 0 Å². The number of benzene rings is 3. The lowest BCUT2D eigenvalue weighted by molar-refractivity contribution is -0.137. The van der Waals surface area contributed by atoms with Gasteiger partial charge in [0, 0.05) is 31.1 Å². The molecule has 2 aliphatic rings. The van der Waals surface area contributed by atoms with Crippen molar-refractivity contribution in [3.8, 4) is 11.5 Å². The molecule has 0 N–H and O–H groups in total. The quantitative estimate of drug-likeness (QED) is 0.264. The summed E-state index contributed by atoms with van der Waals surface area (Å²) in [6, 6.07) is 16.5. The van der Waals surface area contributed by atoms with Gasteiger partial charge in [-0.15, -0.1) is 0 Å². The van der Waals surface area contributed by atoms with E-state index in [-0.39, 0.29) is 35.0 Å². The van der Waals surface area contributed by atoms with Gasteiger partial charge in [0.25, 0.3) is 0 Å². The molecule has 0 saturated carbocycles. The molecule has 0 spiro atoms. The second-order valence-corrected chi connectivity index (χ2v) is 9.63. The zero-order chi connectivity index (χ0) is 27.3. The third-order valence-electron chi connectivity index (χ3n) is 7.16. The molecule has 0 aliphatic carbocycles. The summed E-state index contributed by atoms with van der Waals surface area (Å²) in [6.07, 6.45) is -4.02. The molecule has 3 heterocycles. The third-order valence-corrected chi connectivity index (χ3v) is 7.16. The fraction of sp³-hybridized carbons (Fsp3) is 0.241. The van der Waals surface area contributed by atoms with Crippen LogP contribution in [0.4, 0.5) is 27.8 Å². The average molecular weight is 539 g/mol. The summed E-state index contributed by atoms with van der Waals surface area (Å²) in [5.41, 5.74) is 1.84. The SMILES string of the molecule is Cc1oc(-c2ccc(F)cc2F)nc1N1N=C(c2ccccc2C(F)(F)F)CC1N1CCc2ccccc2C1. The smallest absolute Gasteiger partial charge is 0.417 e. The number of fused-ring (bicyclic) bond motifs is 1. The second-order valence-electron chi connectivity index (χ2n) is 9.63. The Morgan fingerprint density at radius 2 is 1.67 bits per heavy atom. The number of hydrogen-bond acceptors (Lipinski definition) is 5. The number of aromatic nitrogens is 1. The number of hydrazone groups is 1. The van der Waals surface area contributed by atoms with Crippen molar-refractivity contribution in [3.63, 3.8) is 0 Å². The highest BCUT2D eigenvalue weighted by Crippen LogP contribution is 2.38. The number of aryl methyl sites for hydroxylation is 1. The van der Waals surface area contributed by atoms with Gasteiger partial charge >= 0.3 is 6.18 Å². The Hall–Kier alpha value is -4.05. The lowest BCUT2D eigenvalue weighted by atomic mass is 9.97. The minimum atomic E-state index is -4.55. The molecule has 4 aromatic rings. The van der Waals surface area contributed by atoms with Gasteiger partial charge < -0.3 is 4.42 Å². The van der Waals surface area contributed by atoms with E-state index in [0.717, 1.165) is 30.2 Å². The molecule has 0 bridgehead atoms. The van der Waals surface area contributed by atoms with Gasteiger partial charge in [-0.05, 0) is 42.7 Å². The van der Waals surface area contributed by atoms with Crippen molar-refractivity contribution < 1.29 is 26.4 Å². The van der Waals surface area contributed by atoms with Crippen LogP contribution in [-0.4, -0.2) is 28.3 Å². The second kappa shape index (κ2) is 9.60. The predicted octanol–water partition coefficient (Wildman–Crippen LogP) is 6.95. The van der Waals surface area contributed by atoms with Crippen molar-refractivity contribution in [1.29, 1.82) is 0 Å². The number of hydrogen-bond donors (Lipinski definition) is 0. The van der Waals surface area contributed by atoms with E-state index in [2.05, 4.69) is 21.1 Å². The van der Waals surface area contributed by atoms with Crippen molar-refractivity contribution in [2.45, 2.75) is 38.7 Å². The molecule has 39 heavy (non-hydrogen) atoms. The molecule has 10 heteroatoms. The lowest BCUT2D eigenvalue weighted by Gasteiger charge is -2.36. The first-order chi connectivity index (χ1) is 18.7. The number of oxazole rings is 1. The van der Waals surface area contributed by atoms with Gasteiger partial charge in [-0.1, -0.05) is 42.5 Å². The molecule has 0 radical (unpaired) electrons. The highest BCUT2D eigenvalue weighted by atomic mass is 19.4. The predicted molar refractivity (Wildman–Crippen MR) is 136 cm³/mol. The molecule has 0 saturated heterocycles. The maximum Gasteiger partial charge on any atom is 0.417 e. The Morgan fingerprint density at radius 3 is 2.44 bits per heavy atom. The first-order valence-corrected chi connectivity index (χ1v) is 12.5. The van der Waals surface area contributed by atoms with Crippen LogP contribution in [0.15, 0.2) is 76.2 Å². The van der Waals surface area contributed by atoms with Gasteiger partial charge in [0.1, 0.15) is 23.6 Å². The molecule has 5 nitrogen and oxygen atoms in total. The Balaban J connectivity index is 1.43. The summed E-state index contributed by atoms with van der Waals surface area (Å²) in [7, 11) is 0. The van der Waals surface area contributed by atoms with Crippen LogP contribution >= 0.6 is 0 Å². The molecule has 1 aromatic heterocycles. The molecule has 1 atom stereocenters. The Bertz CT molecular complexity index is 1580. The van der Waals surface area contributed by atoms with Crippen LogP contribution in [-0.2, 0) is 19.1 Å². The molecule has 3 aromatic carbocycles. The van der Waals surface area contributed by atoms with E-state index < -0.39 is 29.5 Å². The summed E-state index contributed by atoms with van der Waals surface area (Å²) in [4.78, 5) is 6.64. The van der Waals surface area contributed by atoms with Crippen molar-refractivity contribution in [3.05, 3.63) is 106 Å². The monoisotopic (exact) mass is 538 g/mol. The van der Waals surface area contributed by atoms with E-state index in [4.69, 9.17) is 4.42 Å². The van der Waals surface area contributed by atoms with E-state index in [1.54, 1.807) is 18.0 Å². The summed E-state index contributed by atoms with van der Waals surface area (Å²) in [6.45, 7) is 2.88. The molecule has 200 valence electrons. The normalized spacial score (nSPS) is 17.8. The Morgan fingerprint density at radius 1 is 0.923 bits per heavy atom. The van der Waals surface area contributed by atoms with Gasteiger partial charge in [0.2, 0.25) is 5.89 Å². The fourth-order valence-corrected chi connectivity index (χ4v) is 5.27. The minimum absolute atomic E-state index is 0.000796. The summed E-state index contributed by atoms with van der Waals surface area (Å²) < 4.78 is 75.4. The Kier molecular flexibility index (Phi) is 6.22. The highest BCUT2D eigenvalue weighted by Gasteiger charge is 2.40. The lowest BCUT2D eigenvalue weighted by Crippen LogP contribution is -2.46. The molecule has 1 unspecified atom stereocenters. The highest BCUT2D eigenvalue weighted by molar-refractivity contribution is 6.04. The van der Waals surface area contributed by atoms with Gasteiger partial charge in [0.15, 0.2) is 5.82 Å². The van der Waals surface area contributed by atoms with Crippen LogP contribution in [0.1, 0.15) is 34.4 Å². The maximum atomic E-state index is 14.5. The average Bonchev–Trinajstić information content (AvgIpc) is 3.51. The zero-order valence-electron chi connectivity index (χ0n) is 20.8. The van der Waals surface area contributed by atoms with Crippen molar-refractivity contribution in [2.75, 3.05) is 11.6 Å². The third kappa shape index (κ3) is 4.69. The van der Waals surface area contributed by atoms with E-state index in [0.29, 0.717) is 18.8 Å². The summed E-state index contributed by atoms with van der Waals surface area (Å²) in [5.74, 6) is -1.07. The van der Waals surface area contributed by atoms with E-state index in [1.165, 1.54) is 23.8 Å². The van der Waals surface area contributed by atoms with Crippen LogP contribution in [0.5, 0.6) is 0 Å². The molecule has 0 fully saturated rings. The fourth-order valence-electron chi connectivity index (χ4n) is 5.27. The molecule has 6 rings (SSSR count). The number of halogens is 5. The molecule has 0 amide bonds. The largest absolute Gasteiger partial charge is 0.439 e. The van der Waals surface area contributed by atoms with Gasteiger partial charge in [-0.3, -0.25) is 4.90 Å². The van der Waals surface area contributed by atoms with Crippen LogP contribution < -0.4 is 5.01 Å². The van der Waals surface area contributed by atoms with Crippen LogP contribution in [0.3, 0.4) is 0 Å². The topological polar surface area (TPSA) is 44.9 Å². The van der Waals surface area contributed by atoms with E-state index in [1.807, 2.05) is 18.2 Å². The minimum Gasteiger partial charge on any atom is -0.439 e. The first kappa shape index (κ1) is 25.2. The molecular formula is C29H23F5N4O. The summed E-state index contributed by atoms with van der Waals surface area (Å²) >= 11 is 0. The molecule has 2 aliphatic heterocycles. The van der Waals surface area contributed by atoms with Gasteiger partial charge in [-0.25, -0.2) is 13.8 Å². The number of anilines is 1. The first-order valence-electron chi connectivity index (χ1n) is 12.5. The number of alkyl halides is 3. The van der Waals surface area contributed by atoms with Crippen molar-refractivity contribution in [2.24, 2.45) is 5.10 Å². The van der Waals surface area contributed by atoms with Crippen molar-refractivity contribution >= 4 is 11.5 Å². The van der Waals surface area contributed by atoms with Crippen molar-refractivity contribution in [1.82, 2.24) is 9.88 Å². The van der Waals surface area contributed by atoms with Crippen LogP contribution in [0.2, 0.25) is 0 Å². The number of nitrogens with zero attached hydrogens (tertiary/aromatic N) is 4. The standard InChI is InChI=1S/C29H23F5N4O/c1-17-27(35-28(39-17)22-11-10-20(30)14-24(22)31)38-26(37-13-12-18-6-2-3-7-19(18)16-37)15-25(36-38)21-8-4-5-9-23(21)29(32,33)34/h2-11,14,26H,12-13,15-16H2,1H3. The maximum absolute atomic E-state index is 14.5. The van der Waals surface area contributed by atoms with Crippen LogP contribution in [0, 0.1) is 18.6 Å². The molecular weight excluding hydrogens is 515 g/mol. The van der Waals surface area contributed by atoms with Gasteiger partial charge in [-0.2, -0.15) is 23.3 Å². The summed E-state index contributed by atoms with van der Waals surface area (Å²) in [5, 5.41) is 6.22. The van der Waals surface area contributed by atoms with Gasteiger partial charge in [0.05, 0.1) is 16.8 Å².